The van der Waals surface area contributed by atoms with Crippen molar-refractivity contribution >= 4 is 6.21 Å². The van der Waals surface area contributed by atoms with Crippen LogP contribution in [0.1, 0.15) is 16.8 Å². The minimum atomic E-state index is 0.776. The zero-order chi connectivity index (χ0) is 11.2. The van der Waals surface area contributed by atoms with Gasteiger partial charge in [0.2, 0.25) is 0 Å². The van der Waals surface area contributed by atoms with Crippen LogP contribution in [0.4, 0.5) is 0 Å². The van der Waals surface area contributed by atoms with Crippen LogP contribution < -0.4 is 0 Å². The molecular weight excluding hydrogens is 196 g/mol. The maximum atomic E-state index is 7.28. The molecule has 2 heteroatoms. The molecule has 1 heterocycles. The monoisotopic (exact) mass is 210 g/mol. The van der Waals surface area contributed by atoms with E-state index < -0.39 is 0 Å². The Labute approximate surface area is 95.5 Å². The van der Waals surface area contributed by atoms with Crippen molar-refractivity contribution in [3.05, 3.63) is 65.5 Å². The lowest BCUT2D eigenvalue weighted by atomic mass is 10.0. The van der Waals surface area contributed by atoms with Crippen LogP contribution in [0, 0.1) is 5.41 Å². The van der Waals surface area contributed by atoms with E-state index in [1.165, 1.54) is 11.8 Å². The fourth-order valence-electron chi connectivity index (χ4n) is 1.72. The first kappa shape index (κ1) is 10.6. The molecule has 0 saturated heterocycles. The van der Waals surface area contributed by atoms with Gasteiger partial charge in [0.05, 0.1) is 5.69 Å². The van der Waals surface area contributed by atoms with Crippen molar-refractivity contribution < 1.29 is 0 Å². The summed E-state index contributed by atoms with van der Waals surface area (Å²) in [5, 5.41) is 7.28. The van der Waals surface area contributed by atoms with Crippen LogP contribution in [0.5, 0.6) is 0 Å². The number of nitrogens with one attached hydrogen (secondary N) is 1. The van der Waals surface area contributed by atoms with Crippen LogP contribution in [0.3, 0.4) is 0 Å². The number of benzene rings is 1. The summed E-state index contributed by atoms with van der Waals surface area (Å²) >= 11 is 0. The Hall–Kier alpha value is -1.96. The highest BCUT2D eigenvalue weighted by molar-refractivity contribution is 5.76. The van der Waals surface area contributed by atoms with Gasteiger partial charge in [-0.05, 0) is 30.0 Å². The lowest BCUT2D eigenvalue weighted by Crippen LogP contribution is -1.98. The van der Waals surface area contributed by atoms with Gasteiger partial charge < -0.3 is 5.41 Å². The van der Waals surface area contributed by atoms with Gasteiger partial charge in [-0.25, -0.2) is 0 Å². The molecule has 1 aromatic carbocycles. The second-order valence-corrected chi connectivity index (χ2v) is 3.68. The predicted octanol–water partition coefficient (Wildman–Crippen LogP) is 2.86. The molecule has 0 radical (unpaired) electrons. The molecule has 0 fully saturated rings. The third-order valence-electron chi connectivity index (χ3n) is 2.59. The van der Waals surface area contributed by atoms with Crippen LogP contribution in [0.25, 0.3) is 0 Å². The molecule has 2 nitrogen and oxygen atoms in total. The molecule has 1 aromatic heterocycles. The van der Waals surface area contributed by atoms with Gasteiger partial charge in [0.15, 0.2) is 0 Å². The maximum Gasteiger partial charge on any atom is 0.0837 e. The number of hydrogen-bond acceptors (Lipinski definition) is 2. The highest BCUT2D eigenvalue weighted by Crippen LogP contribution is 2.08. The molecule has 2 aromatic rings. The average molecular weight is 210 g/mol. The Balaban J connectivity index is 2.08. The lowest BCUT2D eigenvalue weighted by Gasteiger charge is -2.04. The zero-order valence-electron chi connectivity index (χ0n) is 9.06. The molecule has 2 rings (SSSR count). The van der Waals surface area contributed by atoms with Crippen molar-refractivity contribution in [1.82, 2.24) is 4.98 Å². The molecule has 16 heavy (non-hydrogen) atoms. The minimum Gasteiger partial charge on any atom is -0.306 e. The van der Waals surface area contributed by atoms with Gasteiger partial charge in [-0.1, -0.05) is 36.4 Å². The molecule has 80 valence electrons. The average Bonchev–Trinajstić information content (AvgIpc) is 2.38. The van der Waals surface area contributed by atoms with Gasteiger partial charge in [-0.15, -0.1) is 0 Å². The molecule has 0 unspecified atom stereocenters. The Kier molecular flexibility index (Phi) is 3.44. The molecule has 1 N–H and O–H groups in total. The Bertz CT molecular complexity index is 463. The fourth-order valence-corrected chi connectivity index (χ4v) is 1.72. The first-order valence-electron chi connectivity index (χ1n) is 5.38. The highest BCUT2D eigenvalue weighted by atomic mass is 14.7. The van der Waals surface area contributed by atoms with E-state index in [2.05, 4.69) is 29.2 Å². The Morgan fingerprint density at radius 2 is 1.81 bits per heavy atom. The zero-order valence-corrected chi connectivity index (χ0v) is 9.06. The normalized spacial score (nSPS) is 10.0. The Morgan fingerprint density at radius 3 is 2.56 bits per heavy atom. The van der Waals surface area contributed by atoms with E-state index in [-0.39, 0.29) is 0 Å². The summed E-state index contributed by atoms with van der Waals surface area (Å²) in [4.78, 5) is 4.17. The molecule has 0 aliphatic heterocycles. The van der Waals surface area contributed by atoms with E-state index >= 15 is 0 Å². The molecule has 0 aliphatic carbocycles. The molecule has 0 spiro atoms. The van der Waals surface area contributed by atoms with Crippen LogP contribution in [-0.4, -0.2) is 11.2 Å². The van der Waals surface area contributed by atoms with Crippen molar-refractivity contribution in [3.8, 4) is 0 Å². The second kappa shape index (κ2) is 5.21. The predicted molar refractivity (Wildman–Crippen MR) is 66.0 cm³/mol. The van der Waals surface area contributed by atoms with E-state index in [0.717, 1.165) is 24.1 Å². The van der Waals surface area contributed by atoms with E-state index in [1.54, 1.807) is 6.20 Å². The standard InChI is InChI=1S/C14H14N2/c15-11-14-13(7-4-10-16-14)9-8-12-5-2-1-3-6-12/h1-7,10-11,15H,8-9H2. The first-order valence-corrected chi connectivity index (χ1v) is 5.38. The van der Waals surface area contributed by atoms with E-state index in [4.69, 9.17) is 5.41 Å². The summed E-state index contributed by atoms with van der Waals surface area (Å²) in [6, 6.07) is 14.3. The number of aromatic nitrogens is 1. The van der Waals surface area contributed by atoms with Gasteiger partial charge in [-0.2, -0.15) is 0 Å². The smallest absolute Gasteiger partial charge is 0.0837 e. The Morgan fingerprint density at radius 1 is 1.00 bits per heavy atom. The lowest BCUT2D eigenvalue weighted by molar-refractivity contribution is 0.946. The van der Waals surface area contributed by atoms with Gasteiger partial charge in [-0.3, -0.25) is 4.98 Å². The number of hydrogen-bond donors (Lipinski definition) is 1. The van der Waals surface area contributed by atoms with E-state index in [0.29, 0.717) is 0 Å². The van der Waals surface area contributed by atoms with Gasteiger partial charge >= 0.3 is 0 Å². The number of aryl methyl sites for hydroxylation is 2. The third kappa shape index (κ3) is 2.54. The summed E-state index contributed by atoms with van der Waals surface area (Å²) in [5.74, 6) is 0. The van der Waals surface area contributed by atoms with Crippen LogP contribution >= 0.6 is 0 Å². The summed E-state index contributed by atoms with van der Waals surface area (Å²) in [6.45, 7) is 0. The number of nitrogens with zero attached hydrogens (tertiary/aromatic N) is 1. The van der Waals surface area contributed by atoms with E-state index in [1.807, 2.05) is 18.2 Å². The van der Waals surface area contributed by atoms with Crippen molar-refractivity contribution in [3.63, 3.8) is 0 Å². The summed E-state index contributed by atoms with van der Waals surface area (Å²) < 4.78 is 0. The summed E-state index contributed by atoms with van der Waals surface area (Å²) in [5.41, 5.74) is 3.24. The molecular formula is C14H14N2. The quantitative estimate of drug-likeness (QED) is 0.774. The van der Waals surface area contributed by atoms with Crippen molar-refractivity contribution in [2.24, 2.45) is 0 Å². The summed E-state index contributed by atoms with van der Waals surface area (Å²) in [7, 11) is 0. The largest absolute Gasteiger partial charge is 0.306 e. The topological polar surface area (TPSA) is 36.7 Å². The third-order valence-corrected chi connectivity index (χ3v) is 2.59. The number of pyridine rings is 1. The van der Waals surface area contributed by atoms with Crippen molar-refractivity contribution in [1.29, 1.82) is 5.41 Å². The van der Waals surface area contributed by atoms with Crippen molar-refractivity contribution in [2.45, 2.75) is 12.8 Å². The summed E-state index contributed by atoms with van der Waals surface area (Å²) in [6.07, 6.45) is 4.97. The highest BCUT2D eigenvalue weighted by Gasteiger charge is 2.00. The number of rotatable bonds is 4. The van der Waals surface area contributed by atoms with Gasteiger partial charge in [0.1, 0.15) is 0 Å². The molecule has 0 saturated carbocycles. The van der Waals surface area contributed by atoms with Gasteiger partial charge in [0.25, 0.3) is 0 Å². The first-order chi connectivity index (χ1) is 7.90. The van der Waals surface area contributed by atoms with Crippen molar-refractivity contribution in [2.75, 3.05) is 0 Å². The maximum absolute atomic E-state index is 7.28. The SMILES string of the molecule is N=Cc1ncccc1CCc1ccccc1. The van der Waals surface area contributed by atoms with Gasteiger partial charge in [0, 0.05) is 12.4 Å². The fraction of sp³-hybridized carbons (Fsp3) is 0.143. The second-order valence-electron chi connectivity index (χ2n) is 3.68. The molecule has 0 aliphatic rings. The molecule has 0 bridgehead atoms. The molecule has 0 amide bonds. The molecule has 0 atom stereocenters. The minimum absolute atomic E-state index is 0.776. The van der Waals surface area contributed by atoms with Crippen LogP contribution in [-0.2, 0) is 12.8 Å². The van der Waals surface area contributed by atoms with Crippen LogP contribution in [0.15, 0.2) is 48.7 Å². The van der Waals surface area contributed by atoms with Crippen LogP contribution in [0.2, 0.25) is 0 Å². The van der Waals surface area contributed by atoms with E-state index in [9.17, 15) is 0 Å².